The number of furan rings is 1. The maximum Gasteiger partial charge on any atom is 0.227 e. The van der Waals surface area contributed by atoms with Gasteiger partial charge in [-0.2, -0.15) is 0 Å². The van der Waals surface area contributed by atoms with E-state index in [2.05, 4.69) is 24.3 Å². The van der Waals surface area contributed by atoms with Crippen LogP contribution in [0.4, 0.5) is 0 Å². The van der Waals surface area contributed by atoms with E-state index in [1.54, 1.807) is 0 Å². The second-order valence-corrected chi connectivity index (χ2v) is 11.1. The molecule has 0 bridgehead atoms. The van der Waals surface area contributed by atoms with Gasteiger partial charge in [0.15, 0.2) is 23.1 Å². The minimum Gasteiger partial charge on any atom is -0.456 e. The third-order valence-corrected chi connectivity index (χ3v) is 8.17. The second-order valence-electron chi connectivity index (χ2n) is 11.1. The molecule has 0 aliphatic rings. The molecule has 3 aromatic heterocycles. The zero-order chi connectivity index (χ0) is 30.5. The fraction of sp³-hybridized carbons (Fsp3) is 0. The Labute approximate surface area is 263 Å². The average molecular weight is 593 g/mol. The van der Waals surface area contributed by atoms with Crippen molar-refractivity contribution >= 4 is 33.0 Å². The van der Waals surface area contributed by atoms with Gasteiger partial charge >= 0.3 is 0 Å². The first-order chi connectivity index (χ1) is 22.7. The van der Waals surface area contributed by atoms with E-state index >= 15 is 0 Å². The van der Waals surface area contributed by atoms with Crippen molar-refractivity contribution in [2.45, 2.75) is 0 Å². The molecular formula is C40H24N4O2. The van der Waals surface area contributed by atoms with E-state index in [0.717, 1.165) is 66.4 Å². The molecule has 216 valence electrons. The molecule has 9 aromatic rings. The van der Waals surface area contributed by atoms with Gasteiger partial charge in [0.25, 0.3) is 0 Å². The lowest BCUT2D eigenvalue weighted by Gasteiger charge is -2.08. The van der Waals surface area contributed by atoms with Crippen LogP contribution in [0.3, 0.4) is 0 Å². The highest BCUT2D eigenvalue weighted by molar-refractivity contribution is 6.07. The minimum absolute atomic E-state index is 0.602. The van der Waals surface area contributed by atoms with Crippen molar-refractivity contribution in [1.82, 2.24) is 19.9 Å². The molecule has 0 spiro atoms. The Bertz CT molecular complexity index is 2460. The van der Waals surface area contributed by atoms with Crippen LogP contribution >= 0.6 is 0 Å². The molecule has 0 N–H and O–H groups in total. The van der Waals surface area contributed by atoms with Gasteiger partial charge in [0.05, 0.1) is 0 Å². The first-order valence-electron chi connectivity index (χ1n) is 15.1. The molecule has 0 unspecified atom stereocenters. The van der Waals surface area contributed by atoms with Crippen LogP contribution in [0.25, 0.3) is 89.8 Å². The Kier molecular flexibility index (Phi) is 6.03. The summed E-state index contributed by atoms with van der Waals surface area (Å²) in [6, 6.07) is 48.4. The summed E-state index contributed by atoms with van der Waals surface area (Å²) in [6.07, 6.45) is 0. The van der Waals surface area contributed by atoms with Gasteiger partial charge in [-0.15, -0.1) is 0 Å². The fourth-order valence-electron chi connectivity index (χ4n) is 5.84. The molecule has 3 heterocycles. The molecule has 0 saturated heterocycles. The van der Waals surface area contributed by atoms with E-state index in [9.17, 15) is 0 Å². The Morgan fingerprint density at radius 2 is 0.804 bits per heavy atom. The van der Waals surface area contributed by atoms with E-state index in [-0.39, 0.29) is 0 Å². The normalized spacial score (nSPS) is 11.5. The van der Waals surface area contributed by atoms with Crippen LogP contribution in [0.2, 0.25) is 0 Å². The van der Waals surface area contributed by atoms with Crippen LogP contribution in [-0.2, 0) is 0 Å². The number of benzene rings is 6. The maximum absolute atomic E-state index is 6.26. The zero-order valence-corrected chi connectivity index (χ0v) is 24.5. The van der Waals surface area contributed by atoms with Gasteiger partial charge in [-0.05, 0) is 65.7 Å². The van der Waals surface area contributed by atoms with Crippen molar-refractivity contribution < 1.29 is 8.83 Å². The lowest BCUT2D eigenvalue weighted by molar-refractivity contribution is 0.620. The summed E-state index contributed by atoms with van der Waals surface area (Å²) in [5, 5.41) is 2.00. The van der Waals surface area contributed by atoms with Crippen LogP contribution in [0.15, 0.2) is 154 Å². The minimum atomic E-state index is 0.602. The third-order valence-electron chi connectivity index (χ3n) is 8.17. The molecule has 46 heavy (non-hydrogen) atoms. The van der Waals surface area contributed by atoms with Crippen LogP contribution in [0.5, 0.6) is 0 Å². The summed E-state index contributed by atoms with van der Waals surface area (Å²) in [6.45, 7) is 0. The monoisotopic (exact) mass is 592 g/mol. The lowest BCUT2D eigenvalue weighted by atomic mass is 10.0. The number of rotatable bonds is 5. The summed E-state index contributed by atoms with van der Waals surface area (Å²) in [5.74, 6) is 2.47. The highest BCUT2D eigenvalue weighted by atomic mass is 16.3. The molecule has 9 rings (SSSR count). The van der Waals surface area contributed by atoms with E-state index in [0.29, 0.717) is 23.4 Å². The largest absolute Gasteiger partial charge is 0.456 e. The van der Waals surface area contributed by atoms with Gasteiger partial charge in [-0.1, -0.05) is 91.0 Å². The standard InChI is InChI=1S/C40H24N4O2/c1-4-10-25(11-5-1)37-42-38(26-12-6-2-7-13-26)44-39(43-37)30-18-21-35-32(23-30)31-22-28(17-20-34(31)45-35)29-16-19-33-36(24-29)46-40(41-33)27-14-8-3-9-15-27/h1-24H. The van der Waals surface area contributed by atoms with Crippen molar-refractivity contribution in [3.8, 4) is 56.7 Å². The molecule has 0 aliphatic carbocycles. The fourth-order valence-corrected chi connectivity index (χ4v) is 5.84. The van der Waals surface area contributed by atoms with Crippen molar-refractivity contribution in [2.75, 3.05) is 0 Å². The van der Waals surface area contributed by atoms with Gasteiger partial charge < -0.3 is 8.83 Å². The van der Waals surface area contributed by atoms with Gasteiger partial charge in [-0.25, -0.2) is 19.9 Å². The Balaban J connectivity index is 1.15. The Hall–Kier alpha value is -6.40. The van der Waals surface area contributed by atoms with Gasteiger partial charge in [-0.3, -0.25) is 0 Å². The molecule has 0 saturated carbocycles. The first kappa shape index (κ1) is 26.0. The summed E-state index contributed by atoms with van der Waals surface area (Å²) >= 11 is 0. The third kappa shape index (κ3) is 4.60. The summed E-state index contributed by atoms with van der Waals surface area (Å²) < 4.78 is 12.4. The topological polar surface area (TPSA) is 77.8 Å². The van der Waals surface area contributed by atoms with Crippen LogP contribution < -0.4 is 0 Å². The van der Waals surface area contributed by atoms with Gasteiger partial charge in [0.2, 0.25) is 5.89 Å². The van der Waals surface area contributed by atoms with E-state index in [1.165, 1.54) is 0 Å². The average Bonchev–Trinajstić information content (AvgIpc) is 3.73. The number of fused-ring (bicyclic) bond motifs is 4. The SMILES string of the molecule is c1ccc(-c2nc(-c3ccccc3)nc(-c3ccc4oc5ccc(-c6ccc7nc(-c8ccccc8)oc7c6)cc5c4c3)n2)cc1. The molecule has 0 radical (unpaired) electrons. The molecule has 6 aromatic carbocycles. The molecular weight excluding hydrogens is 568 g/mol. The predicted molar refractivity (Wildman–Crippen MR) is 182 cm³/mol. The molecule has 0 amide bonds. The van der Waals surface area contributed by atoms with Crippen molar-refractivity contribution in [2.24, 2.45) is 0 Å². The van der Waals surface area contributed by atoms with E-state index in [4.69, 9.17) is 28.8 Å². The number of hydrogen-bond donors (Lipinski definition) is 0. The smallest absolute Gasteiger partial charge is 0.227 e. The number of oxazole rings is 1. The number of aromatic nitrogens is 4. The maximum atomic E-state index is 6.26. The zero-order valence-electron chi connectivity index (χ0n) is 24.5. The Morgan fingerprint density at radius 1 is 0.326 bits per heavy atom. The molecule has 0 aliphatic heterocycles. The quantitative estimate of drug-likeness (QED) is 0.198. The molecule has 0 atom stereocenters. The van der Waals surface area contributed by atoms with Gasteiger partial charge in [0.1, 0.15) is 16.7 Å². The molecule has 0 fully saturated rings. The van der Waals surface area contributed by atoms with Crippen molar-refractivity contribution in [3.63, 3.8) is 0 Å². The summed E-state index contributed by atoms with van der Waals surface area (Å²) in [4.78, 5) is 19.4. The lowest BCUT2D eigenvalue weighted by Crippen LogP contribution is -2.00. The number of hydrogen-bond acceptors (Lipinski definition) is 6. The van der Waals surface area contributed by atoms with Crippen LogP contribution in [0, 0.1) is 0 Å². The van der Waals surface area contributed by atoms with E-state index < -0.39 is 0 Å². The second kappa shape index (κ2) is 10.6. The van der Waals surface area contributed by atoms with Crippen LogP contribution in [0.1, 0.15) is 0 Å². The van der Waals surface area contributed by atoms with Crippen LogP contribution in [-0.4, -0.2) is 19.9 Å². The van der Waals surface area contributed by atoms with Gasteiger partial charge in [0, 0.05) is 33.0 Å². The molecule has 6 heteroatoms. The summed E-state index contributed by atoms with van der Waals surface area (Å²) in [7, 11) is 0. The highest BCUT2D eigenvalue weighted by Crippen LogP contribution is 2.36. The Morgan fingerprint density at radius 3 is 1.41 bits per heavy atom. The van der Waals surface area contributed by atoms with E-state index in [1.807, 2.05) is 121 Å². The highest BCUT2D eigenvalue weighted by Gasteiger charge is 2.16. The summed E-state index contributed by atoms with van der Waals surface area (Å²) in [5.41, 5.74) is 8.97. The van der Waals surface area contributed by atoms with Crippen molar-refractivity contribution in [3.05, 3.63) is 146 Å². The van der Waals surface area contributed by atoms with Crippen molar-refractivity contribution in [1.29, 1.82) is 0 Å². The predicted octanol–water partition coefficient (Wildman–Crippen LogP) is 10.2. The number of nitrogens with zero attached hydrogens (tertiary/aromatic N) is 4. The first-order valence-corrected chi connectivity index (χ1v) is 15.1. The molecule has 6 nitrogen and oxygen atoms in total.